The van der Waals surface area contributed by atoms with Crippen molar-refractivity contribution >= 4 is 23.5 Å². The van der Waals surface area contributed by atoms with Crippen LogP contribution in [0.1, 0.15) is 11.6 Å². The maximum absolute atomic E-state index is 11.8. The molecule has 1 fully saturated rings. The second kappa shape index (κ2) is 5.37. The van der Waals surface area contributed by atoms with Gasteiger partial charge in [-0.15, -0.1) is 0 Å². The highest BCUT2D eigenvalue weighted by molar-refractivity contribution is 6.31. The number of benzene rings is 1. The Morgan fingerprint density at radius 3 is 2.56 bits per heavy atom. The molecule has 1 aromatic carbocycles. The van der Waals surface area contributed by atoms with Gasteiger partial charge in [0.15, 0.2) is 6.04 Å². The average Bonchev–Trinajstić information content (AvgIpc) is 2.24. The van der Waals surface area contributed by atoms with E-state index in [0.717, 1.165) is 0 Å². The van der Waals surface area contributed by atoms with Gasteiger partial charge in [-0.2, -0.15) is 0 Å². The van der Waals surface area contributed by atoms with Crippen LogP contribution in [-0.4, -0.2) is 30.1 Å². The van der Waals surface area contributed by atoms with E-state index in [-0.39, 0.29) is 11.8 Å². The number of carbonyl (C=O) groups is 2. The van der Waals surface area contributed by atoms with E-state index in [2.05, 4.69) is 10.6 Å². The number of halogens is 1. The van der Waals surface area contributed by atoms with E-state index in [1.807, 2.05) is 0 Å². The Balaban J connectivity index is 2.16. The minimum atomic E-state index is -1.12. The topological polar surface area (TPSA) is 78.4 Å². The van der Waals surface area contributed by atoms with E-state index < -0.39 is 12.0 Å². The average molecular weight is 269 g/mol. The highest BCUT2D eigenvalue weighted by Gasteiger charge is 2.30. The van der Waals surface area contributed by atoms with E-state index in [0.29, 0.717) is 23.7 Å². The summed E-state index contributed by atoms with van der Waals surface area (Å²) < 4.78 is 0. The number of amides is 1. The number of hydrogen-bond donors (Lipinski definition) is 3. The van der Waals surface area contributed by atoms with Gasteiger partial charge in [0.25, 0.3) is 0 Å². The number of hydrogen-bond acceptors (Lipinski definition) is 3. The van der Waals surface area contributed by atoms with E-state index >= 15 is 0 Å². The van der Waals surface area contributed by atoms with Crippen molar-refractivity contribution in [2.75, 3.05) is 13.1 Å². The van der Waals surface area contributed by atoms with Gasteiger partial charge >= 0.3 is 5.97 Å². The maximum atomic E-state index is 11.8. The van der Waals surface area contributed by atoms with E-state index in [1.54, 1.807) is 24.3 Å². The minimum absolute atomic E-state index is 0.158. The molecule has 18 heavy (non-hydrogen) atoms. The van der Waals surface area contributed by atoms with Crippen LogP contribution in [0, 0.1) is 5.92 Å². The molecule has 1 aliphatic rings. The molecule has 2 rings (SSSR count). The first-order valence-electron chi connectivity index (χ1n) is 5.58. The van der Waals surface area contributed by atoms with E-state index in [4.69, 9.17) is 11.6 Å². The molecule has 0 saturated carbocycles. The molecule has 0 radical (unpaired) electrons. The fraction of sp³-hybridized carbons (Fsp3) is 0.333. The van der Waals surface area contributed by atoms with Crippen molar-refractivity contribution in [1.82, 2.24) is 10.6 Å². The number of carbonyl (C=O) groups excluding carboxylic acids is 1. The van der Waals surface area contributed by atoms with E-state index in [1.165, 1.54) is 0 Å². The summed E-state index contributed by atoms with van der Waals surface area (Å²) in [4.78, 5) is 23.0. The number of carboxylic acids is 1. The Morgan fingerprint density at radius 2 is 2.06 bits per heavy atom. The molecule has 96 valence electrons. The lowest BCUT2D eigenvalue weighted by Crippen LogP contribution is -2.52. The third-order valence-corrected chi connectivity index (χ3v) is 3.25. The zero-order valence-corrected chi connectivity index (χ0v) is 10.3. The second-order valence-electron chi connectivity index (χ2n) is 4.16. The van der Waals surface area contributed by atoms with Crippen molar-refractivity contribution in [3.05, 3.63) is 34.9 Å². The van der Waals surface area contributed by atoms with Gasteiger partial charge in [0.05, 0.1) is 5.92 Å². The van der Waals surface area contributed by atoms with Crippen molar-refractivity contribution in [2.24, 2.45) is 5.92 Å². The molecule has 1 amide bonds. The van der Waals surface area contributed by atoms with Crippen LogP contribution in [0.25, 0.3) is 0 Å². The molecule has 1 heterocycles. The fourth-order valence-electron chi connectivity index (χ4n) is 1.72. The normalized spacial score (nSPS) is 16.7. The molecule has 1 aliphatic heterocycles. The van der Waals surface area contributed by atoms with Gasteiger partial charge in [-0.25, -0.2) is 4.79 Å². The SMILES string of the molecule is O=C(N[C@@H](C(=O)O)c1ccccc1Cl)C1CNC1. The van der Waals surface area contributed by atoms with Crippen LogP contribution in [0.3, 0.4) is 0 Å². The van der Waals surface area contributed by atoms with Gasteiger partial charge in [-0.05, 0) is 6.07 Å². The quantitative estimate of drug-likeness (QED) is 0.755. The summed E-state index contributed by atoms with van der Waals surface area (Å²) in [5, 5.41) is 15.0. The van der Waals surface area contributed by atoms with Crippen LogP contribution in [0.15, 0.2) is 24.3 Å². The Kier molecular flexibility index (Phi) is 3.84. The fourth-order valence-corrected chi connectivity index (χ4v) is 1.96. The summed E-state index contributed by atoms with van der Waals surface area (Å²) in [5.74, 6) is -1.54. The van der Waals surface area contributed by atoms with Gasteiger partial charge in [-0.3, -0.25) is 4.79 Å². The summed E-state index contributed by atoms with van der Waals surface area (Å²) in [6.45, 7) is 1.17. The maximum Gasteiger partial charge on any atom is 0.330 e. The first-order valence-corrected chi connectivity index (χ1v) is 5.95. The summed E-state index contributed by atoms with van der Waals surface area (Å²) in [6, 6.07) is 5.49. The molecule has 0 bridgehead atoms. The van der Waals surface area contributed by atoms with Gasteiger partial charge in [0.2, 0.25) is 5.91 Å². The summed E-state index contributed by atoms with van der Waals surface area (Å²) in [5.41, 5.74) is 0.396. The van der Waals surface area contributed by atoms with Crippen LogP contribution in [-0.2, 0) is 9.59 Å². The van der Waals surface area contributed by atoms with Crippen LogP contribution in [0.5, 0.6) is 0 Å². The number of rotatable bonds is 4. The monoisotopic (exact) mass is 268 g/mol. The second-order valence-corrected chi connectivity index (χ2v) is 4.56. The molecule has 0 unspecified atom stereocenters. The smallest absolute Gasteiger partial charge is 0.330 e. The molecule has 6 heteroatoms. The third-order valence-electron chi connectivity index (χ3n) is 2.90. The number of nitrogens with one attached hydrogen (secondary N) is 2. The lowest BCUT2D eigenvalue weighted by molar-refractivity contribution is -0.143. The Hall–Kier alpha value is -1.59. The van der Waals surface area contributed by atoms with Crippen LogP contribution in [0.2, 0.25) is 5.02 Å². The van der Waals surface area contributed by atoms with Gasteiger partial charge in [0.1, 0.15) is 0 Å². The predicted molar refractivity (Wildman–Crippen MR) is 66.3 cm³/mol. The molecule has 0 aromatic heterocycles. The van der Waals surface area contributed by atoms with Crippen LogP contribution < -0.4 is 10.6 Å². The summed E-state index contributed by atoms with van der Waals surface area (Å²) in [6.07, 6.45) is 0. The Morgan fingerprint density at radius 1 is 1.39 bits per heavy atom. The van der Waals surface area contributed by atoms with Crippen molar-refractivity contribution in [1.29, 1.82) is 0 Å². The first-order chi connectivity index (χ1) is 8.59. The molecule has 1 atom stereocenters. The molecule has 1 saturated heterocycles. The largest absolute Gasteiger partial charge is 0.479 e. The highest BCUT2D eigenvalue weighted by Crippen LogP contribution is 2.23. The molecule has 5 nitrogen and oxygen atoms in total. The Bertz CT molecular complexity index is 474. The Labute approximate surface area is 109 Å². The standard InChI is InChI=1S/C12H13ClN2O3/c13-9-4-2-1-3-8(9)10(12(17)18)15-11(16)7-5-14-6-7/h1-4,7,10,14H,5-6H2,(H,15,16)(H,17,18)/t10-/m1/s1. The molecule has 0 spiro atoms. The third kappa shape index (κ3) is 2.63. The van der Waals surface area contributed by atoms with Gasteiger partial charge in [-0.1, -0.05) is 29.8 Å². The molecule has 0 aliphatic carbocycles. The van der Waals surface area contributed by atoms with Crippen molar-refractivity contribution < 1.29 is 14.7 Å². The van der Waals surface area contributed by atoms with Gasteiger partial charge < -0.3 is 15.7 Å². The zero-order valence-electron chi connectivity index (χ0n) is 9.52. The van der Waals surface area contributed by atoms with E-state index in [9.17, 15) is 14.7 Å². The molecular weight excluding hydrogens is 256 g/mol. The van der Waals surface area contributed by atoms with Crippen LogP contribution in [0.4, 0.5) is 0 Å². The molecule has 3 N–H and O–H groups in total. The predicted octanol–water partition coefficient (Wildman–Crippen LogP) is 0.801. The van der Waals surface area contributed by atoms with Crippen molar-refractivity contribution in [3.63, 3.8) is 0 Å². The number of carboxylic acid groups (broad SMARTS) is 1. The van der Waals surface area contributed by atoms with Crippen LogP contribution >= 0.6 is 11.6 Å². The molecular formula is C12H13ClN2O3. The lowest BCUT2D eigenvalue weighted by atomic mass is 10.0. The molecule has 1 aromatic rings. The number of aliphatic carboxylic acids is 1. The minimum Gasteiger partial charge on any atom is -0.479 e. The zero-order chi connectivity index (χ0) is 13.1. The first kappa shape index (κ1) is 12.9. The van der Waals surface area contributed by atoms with Crippen molar-refractivity contribution in [3.8, 4) is 0 Å². The highest BCUT2D eigenvalue weighted by atomic mass is 35.5. The lowest BCUT2D eigenvalue weighted by Gasteiger charge is -2.27. The summed E-state index contributed by atoms with van der Waals surface area (Å²) in [7, 11) is 0. The summed E-state index contributed by atoms with van der Waals surface area (Å²) >= 11 is 5.95. The van der Waals surface area contributed by atoms with Gasteiger partial charge in [0, 0.05) is 23.7 Å². The van der Waals surface area contributed by atoms with Crippen molar-refractivity contribution in [2.45, 2.75) is 6.04 Å².